The monoisotopic (exact) mass is 769 g/mol. The van der Waals surface area contributed by atoms with E-state index in [1.807, 2.05) is 0 Å². The number of aromatic nitrogens is 2. The molecule has 0 bridgehead atoms. The van der Waals surface area contributed by atoms with Crippen LogP contribution in [0, 0.1) is 0 Å². The molecule has 2 aliphatic rings. The first-order chi connectivity index (χ1) is 29.7. The first kappa shape index (κ1) is 33.4. The van der Waals surface area contributed by atoms with Gasteiger partial charge in [-0.05, 0) is 107 Å². The summed E-state index contributed by atoms with van der Waals surface area (Å²) in [6.45, 7) is 2.36. The largest absolute Gasteiger partial charge is 0.456 e. The van der Waals surface area contributed by atoms with E-state index < -0.39 is 0 Å². The van der Waals surface area contributed by atoms with Gasteiger partial charge in [0.2, 0.25) is 0 Å². The highest BCUT2D eigenvalue weighted by atomic mass is 16.3. The number of fused-ring (bicyclic) bond motifs is 10. The van der Waals surface area contributed by atoms with E-state index in [0.717, 1.165) is 34.0 Å². The summed E-state index contributed by atoms with van der Waals surface area (Å²) in [4.78, 5) is 2.52. The van der Waals surface area contributed by atoms with Crippen molar-refractivity contribution in [1.29, 1.82) is 0 Å². The van der Waals surface area contributed by atoms with E-state index in [1.165, 1.54) is 83.3 Å². The summed E-state index contributed by atoms with van der Waals surface area (Å²) in [6, 6.07) is 66.7. The topological polar surface area (TPSA) is 26.2 Å². The molecule has 284 valence electrons. The van der Waals surface area contributed by atoms with Crippen LogP contribution in [0.5, 0.6) is 0 Å². The lowest BCUT2D eigenvalue weighted by Crippen LogP contribution is -2.21. The molecule has 2 atom stereocenters. The summed E-state index contributed by atoms with van der Waals surface area (Å²) in [7, 11) is 0. The molecule has 11 aromatic rings. The molecule has 0 fully saturated rings. The molecule has 0 amide bonds. The van der Waals surface area contributed by atoms with E-state index in [1.54, 1.807) is 0 Å². The smallest absolute Gasteiger partial charge is 0.137 e. The minimum absolute atomic E-state index is 0.197. The van der Waals surface area contributed by atoms with Crippen molar-refractivity contribution in [2.24, 2.45) is 0 Å². The van der Waals surface area contributed by atoms with Crippen LogP contribution in [-0.4, -0.2) is 9.13 Å². The molecule has 3 aromatic heterocycles. The van der Waals surface area contributed by atoms with Crippen LogP contribution >= 0.6 is 0 Å². The number of para-hydroxylation sites is 4. The Morgan fingerprint density at radius 2 is 1.25 bits per heavy atom. The summed E-state index contributed by atoms with van der Waals surface area (Å²) in [6.07, 6.45) is 5.50. The quantitative estimate of drug-likeness (QED) is 0.174. The predicted molar refractivity (Wildman–Crippen MR) is 249 cm³/mol. The van der Waals surface area contributed by atoms with Crippen molar-refractivity contribution < 1.29 is 4.42 Å². The Morgan fingerprint density at radius 1 is 0.517 bits per heavy atom. The molecule has 1 aliphatic carbocycles. The zero-order valence-electron chi connectivity index (χ0n) is 33.1. The maximum Gasteiger partial charge on any atom is 0.137 e. The third-order valence-electron chi connectivity index (χ3n) is 13.3. The number of benzene rings is 8. The lowest BCUT2D eigenvalue weighted by molar-refractivity contribution is 0.627. The van der Waals surface area contributed by atoms with Gasteiger partial charge in [0.15, 0.2) is 0 Å². The number of allylic oxidation sites excluding steroid dienone is 1. The summed E-state index contributed by atoms with van der Waals surface area (Å²) in [5.74, 6) is 0.345. The second-order valence-corrected chi connectivity index (χ2v) is 16.5. The molecule has 13 rings (SSSR count). The maximum atomic E-state index is 6.74. The van der Waals surface area contributed by atoms with Crippen LogP contribution in [-0.2, 0) is 6.42 Å². The molecule has 4 heteroatoms. The Balaban J connectivity index is 0.923. The Bertz CT molecular complexity index is 3530. The highest BCUT2D eigenvalue weighted by Gasteiger charge is 2.37. The Morgan fingerprint density at radius 3 is 2.10 bits per heavy atom. The molecule has 0 spiro atoms. The van der Waals surface area contributed by atoms with Gasteiger partial charge in [-0.25, -0.2) is 0 Å². The number of nitrogens with zero attached hydrogens (tertiary/aromatic N) is 3. The first-order valence-electron chi connectivity index (χ1n) is 21.0. The average Bonchev–Trinajstić information content (AvgIpc) is 4.12. The molecule has 4 heterocycles. The minimum Gasteiger partial charge on any atom is -0.456 e. The molecule has 0 N–H and O–H groups in total. The number of rotatable bonds is 5. The van der Waals surface area contributed by atoms with E-state index in [-0.39, 0.29) is 6.04 Å². The summed E-state index contributed by atoms with van der Waals surface area (Å²) in [5, 5.41) is 6.08. The molecule has 0 radical (unpaired) electrons. The third-order valence-corrected chi connectivity index (χ3v) is 13.3. The van der Waals surface area contributed by atoms with E-state index in [0.29, 0.717) is 5.92 Å². The van der Waals surface area contributed by atoms with E-state index >= 15 is 0 Å². The molecule has 60 heavy (non-hydrogen) atoms. The number of anilines is 2. The van der Waals surface area contributed by atoms with Gasteiger partial charge in [-0.2, -0.15) is 0 Å². The van der Waals surface area contributed by atoms with E-state index in [2.05, 4.69) is 215 Å². The van der Waals surface area contributed by atoms with Crippen LogP contribution in [0.2, 0.25) is 0 Å². The number of hydrogen-bond acceptors (Lipinski definition) is 2. The van der Waals surface area contributed by atoms with Crippen LogP contribution < -0.4 is 4.90 Å². The predicted octanol–water partition coefficient (Wildman–Crippen LogP) is 14.9. The minimum atomic E-state index is 0.197. The van der Waals surface area contributed by atoms with Gasteiger partial charge in [0.1, 0.15) is 11.2 Å². The van der Waals surface area contributed by atoms with Gasteiger partial charge >= 0.3 is 0 Å². The maximum absolute atomic E-state index is 6.74. The number of furan rings is 1. The first-order valence-corrected chi connectivity index (χ1v) is 21.0. The van der Waals surface area contributed by atoms with Crippen molar-refractivity contribution in [2.75, 3.05) is 4.90 Å². The highest BCUT2D eigenvalue weighted by Crippen LogP contribution is 2.52. The third kappa shape index (κ3) is 4.73. The number of hydrogen-bond donors (Lipinski definition) is 0. The van der Waals surface area contributed by atoms with Crippen LogP contribution in [0.15, 0.2) is 192 Å². The van der Waals surface area contributed by atoms with Gasteiger partial charge in [-0.15, -0.1) is 0 Å². The molecule has 0 saturated carbocycles. The van der Waals surface area contributed by atoms with Gasteiger partial charge < -0.3 is 18.5 Å². The normalized spacial score (nSPS) is 15.9. The van der Waals surface area contributed by atoms with Crippen LogP contribution in [0.4, 0.5) is 11.4 Å². The van der Waals surface area contributed by atoms with Gasteiger partial charge in [-0.1, -0.05) is 122 Å². The standard InChI is InChI=1S/C56H39N3O/c1-35-41-18-8-10-22-48(41)59(39-16-6-3-7-17-39)56(35)37-28-26-36(27-29-37)42-20-13-25-53-55(42)45-31-30-40(32-54(45)60-53)58-50-24-12-21-44(50)47-33-51-46(34-52(47)58)43-19-9-11-23-49(43)57(51)38-14-4-2-5-15-38/h2-20,22-35,56H,21H2,1H3. The van der Waals surface area contributed by atoms with Crippen molar-refractivity contribution in [3.05, 3.63) is 210 Å². The summed E-state index contributed by atoms with van der Waals surface area (Å²) < 4.78 is 11.6. The van der Waals surface area contributed by atoms with Crippen LogP contribution in [0.25, 0.3) is 83.2 Å². The lowest BCUT2D eigenvalue weighted by Gasteiger charge is -2.30. The zero-order valence-corrected chi connectivity index (χ0v) is 33.1. The zero-order chi connectivity index (χ0) is 39.5. The summed E-state index contributed by atoms with van der Waals surface area (Å²) in [5.41, 5.74) is 17.9. The van der Waals surface area contributed by atoms with Crippen molar-refractivity contribution in [3.63, 3.8) is 0 Å². The molecule has 2 unspecified atom stereocenters. The van der Waals surface area contributed by atoms with Gasteiger partial charge in [0.05, 0.1) is 28.3 Å². The van der Waals surface area contributed by atoms with Crippen molar-refractivity contribution in [3.8, 4) is 22.5 Å². The second kappa shape index (κ2) is 12.7. The molecule has 1 aliphatic heterocycles. The molecule has 8 aromatic carbocycles. The van der Waals surface area contributed by atoms with Crippen molar-refractivity contribution >= 4 is 72.1 Å². The van der Waals surface area contributed by atoms with E-state index in [9.17, 15) is 0 Å². The molecular formula is C56H39N3O. The van der Waals surface area contributed by atoms with E-state index in [4.69, 9.17) is 4.42 Å². The molecule has 0 saturated heterocycles. The van der Waals surface area contributed by atoms with Crippen molar-refractivity contribution in [2.45, 2.75) is 25.3 Å². The van der Waals surface area contributed by atoms with Gasteiger partial charge in [-0.3, -0.25) is 0 Å². The molecule has 4 nitrogen and oxygen atoms in total. The SMILES string of the molecule is CC1c2ccccc2N(c2ccccc2)C1c1ccc(-c2cccc3oc4cc(-n5c6c(c7cc8c(cc75)c5ccccc5n8-c5ccccc5)CC=C6)ccc4c23)cc1. The van der Waals surface area contributed by atoms with Crippen LogP contribution in [0.1, 0.15) is 41.3 Å². The highest BCUT2D eigenvalue weighted by molar-refractivity contribution is 6.15. The fraction of sp³-hybridized carbons (Fsp3) is 0.0714. The van der Waals surface area contributed by atoms with Gasteiger partial charge in [0, 0.05) is 61.7 Å². The summed E-state index contributed by atoms with van der Waals surface area (Å²) >= 11 is 0. The Labute approximate surface area is 347 Å². The Kier molecular flexibility index (Phi) is 7.08. The molecular weight excluding hydrogens is 731 g/mol. The fourth-order valence-electron chi connectivity index (χ4n) is 10.7. The average molecular weight is 770 g/mol. The lowest BCUT2D eigenvalue weighted by atomic mass is 9.90. The fourth-order valence-corrected chi connectivity index (χ4v) is 10.7. The second-order valence-electron chi connectivity index (χ2n) is 16.5. The van der Waals surface area contributed by atoms with Crippen molar-refractivity contribution in [1.82, 2.24) is 9.13 Å². The van der Waals surface area contributed by atoms with Gasteiger partial charge in [0.25, 0.3) is 0 Å². The van der Waals surface area contributed by atoms with Crippen LogP contribution in [0.3, 0.4) is 0 Å². The Hall–Kier alpha value is -7.56.